The second-order valence-electron chi connectivity index (χ2n) is 8.83. The molecule has 148 valence electrons. The van der Waals surface area contributed by atoms with E-state index in [9.17, 15) is 14.7 Å². The highest BCUT2D eigenvalue weighted by Crippen LogP contribution is 2.26. The van der Waals surface area contributed by atoms with Crippen molar-refractivity contribution in [3.05, 3.63) is 0 Å². The molecule has 0 aromatic rings. The molecule has 0 aliphatic carbocycles. The molecule has 3 fully saturated rings. The zero-order valence-corrected chi connectivity index (χ0v) is 16.3. The van der Waals surface area contributed by atoms with Gasteiger partial charge in [0.05, 0.1) is 18.7 Å². The van der Waals surface area contributed by atoms with Crippen molar-refractivity contribution in [1.29, 1.82) is 0 Å². The van der Waals surface area contributed by atoms with Gasteiger partial charge in [0.1, 0.15) is 5.60 Å². The maximum atomic E-state index is 12.3. The third-order valence-electron chi connectivity index (χ3n) is 5.68. The van der Waals surface area contributed by atoms with Crippen LogP contribution in [0.15, 0.2) is 0 Å². The van der Waals surface area contributed by atoms with Gasteiger partial charge in [0, 0.05) is 38.6 Å². The number of hydrogen-bond acceptors (Lipinski definition) is 5. The predicted molar refractivity (Wildman–Crippen MR) is 97.8 cm³/mol. The Labute approximate surface area is 156 Å². The van der Waals surface area contributed by atoms with Crippen LogP contribution in [0.25, 0.3) is 0 Å². The molecule has 0 unspecified atom stereocenters. The molecule has 3 rings (SSSR count). The van der Waals surface area contributed by atoms with Crippen molar-refractivity contribution in [2.45, 2.75) is 76.7 Å². The molecule has 3 heterocycles. The van der Waals surface area contributed by atoms with Gasteiger partial charge in [0.15, 0.2) is 0 Å². The van der Waals surface area contributed by atoms with E-state index < -0.39 is 11.7 Å². The number of piperidine rings is 2. The quantitative estimate of drug-likeness (QED) is 0.800. The Kier molecular flexibility index (Phi) is 5.77. The van der Waals surface area contributed by atoms with E-state index >= 15 is 0 Å². The minimum atomic E-state index is -0.546. The lowest BCUT2D eigenvalue weighted by atomic mass is 9.98. The van der Waals surface area contributed by atoms with E-state index in [1.165, 1.54) is 0 Å². The van der Waals surface area contributed by atoms with Gasteiger partial charge in [-0.05, 0) is 46.5 Å². The first-order valence-corrected chi connectivity index (χ1v) is 9.94. The van der Waals surface area contributed by atoms with Gasteiger partial charge in [-0.2, -0.15) is 0 Å². The van der Waals surface area contributed by atoms with E-state index in [0.717, 1.165) is 45.3 Å². The maximum Gasteiger partial charge on any atom is 0.410 e. The number of β-amino-alcohol motifs (C(OH)–C–C–N with tert-alkyl or cyclic N) is 1. The van der Waals surface area contributed by atoms with Crippen LogP contribution in [0.4, 0.5) is 4.79 Å². The molecule has 0 spiro atoms. The van der Waals surface area contributed by atoms with Crippen LogP contribution in [0.1, 0.15) is 52.9 Å². The van der Waals surface area contributed by atoms with Crippen LogP contribution in [0.3, 0.4) is 0 Å². The van der Waals surface area contributed by atoms with Gasteiger partial charge in [-0.3, -0.25) is 9.69 Å². The Balaban J connectivity index is 1.51. The molecule has 0 aromatic heterocycles. The number of amides is 2. The number of carbonyl (C=O) groups is 2. The van der Waals surface area contributed by atoms with Crippen LogP contribution >= 0.6 is 0 Å². The highest BCUT2D eigenvalue weighted by Gasteiger charge is 2.41. The van der Waals surface area contributed by atoms with Gasteiger partial charge in [0.25, 0.3) is 0 Å². The van der Waals surface area contributed by atoms with Crippen molar-refractivity contribution in [2.24, 2.45) is 0 Å². The number of nitrogens with zero attached hydrogens (tertiary/aromatic N) is 3. The normalized spacial score (nSPS) is 29.3. The number of likely N-dealkylation sites (tertiary alicyclic amines) is 3. The number of carbonyl (C=O) groups excluding carboxylic acids is 2. The molecule has 3 aliphatic rings. The zero-order chi connectivity index (χ0) is 18.9. The van der Waals surface area contributed by atoms with Crippen LogP contribution in [-0.2, 0) is 9.53 Å². The summed E-state index contributed by atoms with van der Waals surface area (Å²) in [5.41, 5.74) is -0.528. The first kappa shape index (κ1) is 19.4. The molecule has 0 bridgehead atoms. The van der Waals surface area contributed by atoms with Gasteiger partial charge in [-0.1, -0.05) is 0 Å². The molecular formula is C19H33N3O4. The molecular weight excluding hydrogens is 334 g/mol. The molecule has 7 nitrogen and oxygen atoms in total. The van der Waals surface area contributed by atoms with Crippen LogP contribution in [0.5, 0.6) is 0 Å². The summed E-state index contributed by atoms with van der Waals surface area (Å²) in [6.45, 7) is 8.98. The Bertz CT molecular complexity index is 525. The van der Waals surface area contributed by atoms with Crippen molar-refractivity contribution >= 4 is 12.0 Å². The fourth-order valence-corrected chi connectivity index (χ4v) is 4.35. The fourth-order valence-electron chi connectivity index (χ4n) is 4.35. The zero-order valence-electron chi connectivity index (χ0n) is 16.3. The Hall–Kier alpha value is -1.34. The molecule has 7 heteroatoms. The Morgan fingerprint density at radius 2 is 1.81 bits per heavy atom. The average molecular weight is 367 g/mol. The summed E-state index contributed by atoms with van der Waals surface area (Å²) in [5, 5.41) is 10.5. The highest BCUT2D eigenvalue weighted by atomic mass is 16.6. The summed E-state index contributed by atoms with van der Waals surface area (Å²) in [7, 11) is 0. The molecule has 3 aliphatic heterocycles. The number of ether oxygens (including phenoxy) is 1. The van der Waals surface area contributed by atoms with E-state index in [-0.39, 0.29) is 12.1 Å². The molecule has 0 radical (unpaired) electrons. The molecule has 1 N–H and O–H groups in total. The Morgan fingerprint density at radius 1 is 1.12 bits per heavy atom. The SMILES string of the molecule is CC(C)(C)OC(=O)N1C[C@@H](N2CCC(N3CCCCC3=O)CC2)[C@@H](O)C1. The summed E-state index contributed by atoms with van der Waals surface area (Å²) in [6.07, 6.45) is 3.81. The van der Waals surface area contributed by atoms with E-state index in [4.69, 9.17) is 4.74 Å². The van der Waals surface area contributed by atoms with E-state index in [1.807, 2.05) is 20.8 Å². The van der Waals surface area contributed by atoms with Crippen LogP contribution in [0.2, 0.25) is 0 Å². The summed E-state index contributed by atoms with van der Waals surface area (Å²) in [5.74, 6) is 0.298. The molecule has 0 aromatic carbocycles. The summed E-state index contributed by atoms with van der Waals surface area (Å²) < 4.78 is 5.43. The fraction of sp³-hybridized carbons (Fsp3) is 0.895. The minimum absolute atomic E-state index is 0.0412. The largest absolute Gasteiger partial charge is 0.444 e. The van der Waals surface area contributed by atoms with Gasteiger partial charge in [0.2, 0.25) is 5.91 Å². The summed E-state index contributed by atoms with van der Waals surface area (Å²) in [4.78, 5) is 30.3. The minimum Gasteiger partial charge on any atom is -0.444 e. The number of aliphatic hydroxyl groups excluding tert-OH is 1. The van der Waals surface area contributed by atoms with Crippen molar-refractivity contribution in [3.8, 4) is 0 Å². The van der Waals surface area contributed by atoms with E-state index in [0.29, 0.717) is 31.5 Å². The molecule has 2 atom stereocenters. The standard InChI is InChI=1S/C19H33N3O4/c1-19(2,3)26-18(25)21-12-15(16(23)13-21)20-10-7-14(8-11-20)22-9-5-4-6-17(22)24/h14-16,23H,4-13H2,1-3H3/t15-,16+/m1/s1. The monoisotopic (exact) mass is 367 g/mol. The molecule has 26 heavy (non-hydrogen) atoms. The van der Waals surface area contributed by atoms with E-state index in [1.54, 1.807) is 4.90 Å². The van der Waals surface area contributed by atoms with Crippen molar-refractivity contribution in [3.63, 3.8) is 0 Å². The lowest BCUT2D eigenvalue weighted by Gasteiger charge is -2.42. The number of rotatable bonds is 2. The van der Waals surface area contributed by atoms with Gasteiger partial charge in [-0.15, -0.1) is 0 Å². The van der Waals surface area contributed by atoms with Crippen LogP contribution in [-0.4, -0.2) is 88.3 Å². The maximum absolute atomic E-state index is 12.3. The van der Waals surface area contributed by atoms with Crippen molar-refractivity contribution in [2.75, 3.05) is 32.7 Å². The average Bonchev–Trinajstić information content (AvgIpc) is 2.96. The first-order valence-electron chi connectivity index (χ1n) is 9.94. The van der Waals surface area contributed by atoms with Crippen molar-refractivity contribution < 1.29 is 19.4 Å². The molecule has 2 amide bonds. The smallest absolute Gasteiger partial charge is 0.410 e. The van der Waals surface area contributed by atoms with Crippen molar-refractivity contribution in [1.82, 2.24) is 14.7 Å². The van der Waals surface area contributed by atoms with Gasteiger partial charge in [-0.25, -0.2) is 4.79 Å². The summed E-state index contributed by atoms with van der Waals surface area (Å²) in [6, 6.07) is 0.292. The first-order chi connectivity index (χ1) is 12.2. The predicted octanol–water partition coefficient (Wildman–Crippen LogP) is 1.44. The van der Waals surface area contributed by atoms with Crippen LogP contribution < -0.4 is 0 Å². The highest BCUT2D eigenvalue weighted by molar-refractivity contribution is 5.77. The van der Waals surface area contributed by atoms with Gasteiger partial charge < -0.3 is 19.6 Å². The van der Waals surface area contributed by atoms with E-state index in [2.05, 4.69) is 9.80 Å². The topological polar surface area (TPSA) is 73.3 Å². The second kappa shape index (κ2) is 7.72. The number of hydrogen-bond donors (Lipinski definition) is 1. The Morgan fingerprint density at radius 3 is 2.42 bits per heavy atom. The third kappa shape index (κ3) is 4.49. The lowest BCUT2D eigenvalue weighted by Crippen LogP contribution is -2.53. The van der Waals surface area contributed by atoms with Crippen LogP contribution in [0, 0.1) is 0 Å². The number of aliphatic hydroxyl groups is 1. The summed E-state index contributed by atoms with van der Waals surface area (Å²) >= 11 is 0. The second-order valence-corrected chi connectivity index (χ2v) is 8.83. The third-order valence-corrected chi connectivity index (χ3v) is 5.68. The van der Waals surface area contributed by atoms with Gasteiger partial charge >= 0.3 is 6.09 Å². The molecule has 3 saturated heterocycles. The lowest BCUT2D eigenvalue weighted by molar-refractivity contribution is -0.137. The molecule has 0 saturated carbocycles.